The molecule has 2 N–H and O–H groups in total. The Hall–Kier alpha value is -5.09. The Labute approximate surface area is 376 Å². The molecule has 2 fully saturated rings. The van der Waals surface area contributed by atoms with E-state index in [0.717, 1.165) is 27.8 Å². The van der Waals surface area contributed by atoms with Gasteiger partial charge in [0.2, 0.25) is 5.91 Å². The Balaban J connectivity index is 1.18. The van der Waals surface area contributed by atoms with Crippen molar-refractivity contribution in [1.29, 1.82) is 0 Å². The molecule has 0 unspecified atom stereocenters. The van der Waals surface area contributed by atoms with Crippen LogP contribution in [0.4, 0.5) is 0 Å². The summed E-state index contributed by atoms with van der Waals surface area (Å²) in [6.07, 6.45) is -6.52. The summed E-state index contributed by atoms with van der Waals surface area (Å²) in [4.78, 5) is 13.0. The maximum Gasteiger partial charge on any atom is 0.217 e. The Morgan fingerprint density at radius 2 is 0.906 bits per heavy atom. The van der Waals surface area contributed by atoms with Gasteiger partial charge in [0.15, 0.2) is 12.6 Å². The standard InChI is InChI=1S/C52H59NO11/c1-3-29-56-35-43-46(57-30-38-19-9-4-10-20-38)48(59-32-40-23-13-6-14-24-40)45(53-37(2)54)52(64-43)62-36-44-47(58-31-39-21-11-5-12-22-39)49(60-33-41-25-15-7-16-26-41)50(51(55)63-44)61-34-42-27-17-8-18-28-42/h3-28,43-52,55H,1,29-36H2,2H3,(H,53,54)/t43-,44-,45-,46-,47-,48-,49+,50-,51+,52-/m1/s1. The minimum Gasteiger partial charge on any atom is -0.375 e. The van der Waals surface area contributed by atoms with Gasteiger partial charge in [-0.15, -0.1) is 6.58 Å². The van der Waals surface area contributed by atoms with Gasteiger partial charge in [0.05, 0.1) is 52.9 Å². The summed E-state index contributed by atoms with van der Waals surface area (Å²) >= 11 is 0. The third-order valence-corrected chi connectivity index (χ3v) is 11.0. The third-order valence-electron chi connectivity index (χ3n) is 11.0. The van der Waals surface area contributed by atoms with Crippen LogP contribution in [0.3, 0.4) is 0 Å². The topological polar surface area (TPSA) is 132 Å². The number of nitrogens with one attached hydrogen (secondary N) is 1. The Morgan fingerprint density at radius 1 is 0.531 bits per heavy atom. The van der Waals surface area contributed by atoms with Crippen LogP contribution < -0.4 is 5.32 Å². The molecule has 0 radical (unpaired) electrons. The average Bonchev–Trinajstić information content (AvgIpc) is 3.33. The molecule has 5 aromatic carbocycles. The van der Waals surface area contributed by atoms with Gasteiger partial charge in [-0.25, -0.2) is 0 Å². The number of aliphatic hydroxyl groups is 1. The zero-order valence-electron chi connectivity index (χ0n) is 36.2. The molecule has 64 heavy (non-hydrogen) atoms. The molecule has 0 saturated carbocycles. The first-order valence-electron chi connectivity index (χ1n) is 21.8. The highest BCUT2D eigenvalue weighted by atomic mass is 16.7. The van der Waals surface area contributed by atoms with E-state index in [1.165, 1.54) is 6.92 Å². The van der Waals surface area contributed by atoms with Crippen molar-refractivity contribution < 1.29 is 52.5 Å². The van der Waals surface area contributed by atoms with Crippen molar-refractivity contribution >= 4 is 5.91 Å². The zero-order valence-corrected chi connectivity index (χ0v) is 36.2. The van der Waals surface area contributed by atoms with E-state index in [1.54, 1.807) is 6.08 Å². The van der Waals surface area contributed by atoms with Crippen LogP contribution >= 0.6 is 0 Å². The molecule has 7 rings (SSSR count). The molecule has 0 aliphatic carbocycles. The molecule has 0 bridgehead atoms. The second kappa shape index (κ2) is 24.8. The minimum atomic E-state index is -1.43. The second-order valence-electron chi connectivity index (χ2n) is 15.8. The van der Waals surface area contributed by atoms with Crippen LogP contribution in [0.15, 0.2) is 164 Å². The number of rotatable bonds is 23. The van der Waals surface area contributed by atoms with Crippen LogP contribution in [0.25, 0.3) is 0 Å². The van der Waals surface area contributed by atoms with Crippen LogP contribution in [-0.4, -0.2) is 92.2 Å². The van der Waals surface area contributed by atoms with E-state index in [-0.39, 0.29) is 58.8 Å². The maximum absolute atomic E-state index is 13.0. The lowest BCUT2D eigenvalue weighted by molar-refractivity contribution is -0.333. The average molecular weight is 874 g/mol. The predicted molar refractivity (Wildman–Crippen MR) is 239 cm³/mol. The summed E-state index contributed by atoms with van der Waals surface area (Å²) in [5, 5.41) is 14.8. The molecule has 12 nitrogen and oxygen atoms in total. The van der Waals surface area contributed by atoms with Gasteiger partial charge >= 0.3 is 0 Å². The second-order valence-corrected chi connectivity index (χ2v) is 15.8. The van der Waals surface area contributed by atoms with E-state index in [9.17, 15) is 9.90 Å². The fourth-order valence-corrected chi connectivity index (χ4v) is 7.86. The Morgan fingerprint density at radius 3 is 1.33 bits per heavy atom. The summed E-state index contributed by atoms with van der Waals surface area (Å²) in [6, 6.07) is 48.0. The molecule has 12 heteroatoms. The van der Waals surface area contributed by atoms with Crippen molar-refractivity contribution in [2.45, 2.75) is 101 Å². The van der Waals surface area contributed by atoms with Crippen LogP contribution in [0.5, 0.6) is 0 Å². The number of carbonyl (C=O) groups excluding carboxylic acids is 1. The molecule has 2 aliphatic rings. The van der Waals surface area contributed by atoms with Crippen molar-refractivity contribution in [2.24, 2.45) is 0 Å². The van der Waals surface area contributed by atoms with Gasteiger partial charge in [-0.3, -0.25) is 4.79 Å². The van der Waals surface area contributed by atoms with Gasteiger partial charge in [0, 0.05) is 6.92 Å². The first-order chi connectivity index (χ1) is 31.4. The lowest BCUT2D eigenvalue weighted by atomic mass is 9.95. The smallest absolute Gasteiger partial charge is 0.217 e. The van der Waals surface area contributed by atoms with E-state index in [1.807, 2.05) is 152 Å². The predicted octanol–water partition coefficient (Wildman–Crippen LogP) is 7.08. The molecule has 2 aliphatic heterocycles. The normalized spacial score (nSPS) is 25.7. The fourth-order valence-electron chi connectivity index (χ4n) is 7.86. The zero-order chi connectivity index (χ0) is 44.4. The van der Waals surface area contributed by atoms with Gasteiger partial charge in [-0.1, -0.05) is 158 Å². The molecular formula is C52H59NO11. The summed E-state index contributed by atoms with van der Waals surface area (Å²) in [5.74, 6) is -0.320. The van der Waals surface area contributed by atoms with E-state index < -0.39 is 61.3 Å². The molecule has 0 spiro atoms. The van der Waals surface area contributed by atoms with Gasteiger partial charge in [0.25, 0.3) is 0 Å². The molecule has 5 aromatic rings. The van der Waals surface area contributed by atoms with Crippen molar-refractivity contribution in [2.75, 3.05) is 19.8 Å². The number of ether oxygens (including phenoxy) is 9. The molecule has 338 valence electrons. The number of aliphatic hydroxyl groups excluding tert-OH is 1. The van der Waals surface area contributed by atoms with E-state index in [0.29, 0.717) is 0 Å². The first-order valence-corrected chi connectivity index (χ1v) is 21.8. The van der Waals surface area contributed by atoms with Crippen LogP contribution in [0.2, 0.25) is 0 Å². The number of hydrogen-bond acceptors (Lipinski definition) is 11. The first kappa shape index (κ1) is 46.9. The van der Waals surface area contributed by atoms with Crippen molar-refractivity contribution in [3.8, 4) is 0 Å². The van der Waals surface area contributed by atoms with Gasteiger partial charge < -0.3 is 53.1 Å². The van der Waals surface area contributed by atoms with E-state index >= 15 is 0 Å². The summed E-state index contributed by atoms with van der Waals surface area (Å²) in [6.45, 7) is 6.59. The quantitative estimate of drug-likeness (QED) is 0.0516. The number of benzene rings is 5. The lowest BCUT2D eigenvalue weighted by Crippen LogP contribution is -2.66. The highest BCUT2D eigenvalue weighted by Gasteiger charge is 2.51. The molecular weight excluding hydrogens is 815 g/mol. The van der Waals surface area contributed by atoms with Crippen LogP contribution in [-0.2, 0) is 80.5 Å². The van der Waals surface area contributed by atoms with Crippen LogP contribution in [0, 0.1) is 0 Å². The minimum absolute atomic E-state index is 0.112. The molecule has 10 atom stereocenters. The van der Waals surface area contributed by atoms with Gasteiger partial charge in [0.1, 0.15) is 48.8 Å². The molecule has 2 saturated heterocycles. The van der Waals surface area contributed by atoms with Gasteiger partial charge in [-0.05, 0) is 27.8 Å². The third kappa shape index (κ3) is 13.7. The highest BCUT2D eigenvalue weighted by Crippen LogP contribution is 2.33. The Bertz CT molecular complexity index is 2080. The fraction of sp³-hybridized carbons (Fsp3) is 0.365. The summed E-state index contributed by atoms with van der Waals surface area (Å²) in [5.41, 5.74) is 4.67. The largest absolute Gasteiger partial charge is 0.375 e. The van der Waals surface area contributed by atoms with Crippen molar-refractivity contribution in [1.82, 2.24) is 5.32 Å². The number of carbonyl (C=O) groups is 1. The monoisotopic (exact) mass is 873 g/mol. The van der Waals surface area contributed by atoms with E-state index in [2.05, 4.69) is 11.9 Å². The maximum atomic E-state index is 13.0. The molecule has 2 heterocycles. The SMILES string of the molecule is C=CCOC[C@H]1O[C@@H](OC[C@H]2O[C@H](O)[C@H](OCc3ccccc3)[C@@H](OCc3ccccc3)[C@@H]2OCc2ccccc2)[C@H](NC(C)=O)[C@@H](OCc2ccccc2)[C@@H]1OCc1ccccc1. The number of hydrogen-bond donors (Lipinski definition) is 2. The van der Waals surface area contributed by atoms with Crippen molar-refractivity contribution in [3.05, 3.63) is 192 Å². The molecule has 0 aromatic heterocycles. The van der Waals surface area contributed by atoms with Crippen molar-refractivity contribution in [3.63, 3.8) is 0 Å². The van der Waals surface area contributed by atoms with Gasteiger partial charge in [-0.2, -0.15) is 0 Å². The lowest BCUT2D eigenvalue weighted by Gasteiger charge is -2.47. The molecule has 1 amide bonds. The highest BCUT2D eigenvalue weighted by molar-refractivity contribution is 5.73. The Kier molecular flexibility index (Phi) is 18.2. The van der Waals surface area contributed by atoms with E-state index in [4.69, 9.17) is 42.6 Å². The number of amides is 1. The summed E-state index contributed by atoms with van der Waals surface area (Å²) in [7, 11) is 0. The summed E-state index contributed by atoms with van der Waals surface area (Å²) < 4.78 is 59.0. The van der Waals surface area contributed by atoms with Crippen LogP contribution in [0.1, 0.15) is 34.7 Å².